The molecule has 7 nitrogen and oxygen atoms in total. The molecule has 3 aromatic rings. The number of aromatic nitrogens is 3. The first-order valence-electron chi connectivity index (χ1n) is 12.9. The van der Waals surface area contributed by atoms with Crippen molar-refractivity contribution in [3.8, 4) is 5.75 Å². The third-order valence-electron chi connectivity index (χ3n) is 6.85. The smallest absolute Gasteiger partial charge is 0.406 e. The summed E-state index contributed by atoms with van der Waals surface area (Å²) in [4.78, 5) is 27.3. The zero-order valence-corrected chi connectivity index (χ0v) is 21.2. The fraction of sp³-hybridized carbons (Fsp3) is 0.519. The van der Waals surface area contributed by atoms with Crippen molar-refractivity contribution in [2.24, 2.45) is 5.92 Å². The summed E-state index contributed by atoms with van der Waals surface area (Å²) in [6.07, 6.45) is 1.58. The van der Waals surface area contributed by atoms with Gasteiger partial charge in [-0.15, -0.1) is 13.2 Å². The monoisotopic (exact) mass is 520 g/mol. The van der Waals surface area contributed by atoms with Gasteiger partial charge in [-0.1, -0.05) is 13.8 Å². The minimum Gasteiger partial charge on any atom is -0.406 e. The Balaban J connectivity index is 0.00000130. The zero-order chi connectivity index (χ0) is 26.4. The topological polar surface area (TPSA) is 80.3 Å². The molecule has 1 amide bonds. The molecule has 202 valence electrons. The quantitative estimate of drug-likeness (QED) is 0.439. The van der Waals surface area contributed by atoms with Crippen LogP contribution in [0.2, 0.25) is 0 Å². The Hall–Kier alpha value is -3.14. The summed E-state index contributed by atoms with van der Waals surface area (Å²) in [7, 11) is 0. The molecule has 0 saturated carbocycles. The number of carbonyl (C=O) groups excluding carboxylic acids is 1. The Morgan fingerprint density at radius 2 is 1.78 bits per heavy atom. The first-order chi connectivity index (χ1) is 17.9. The molecule has 0 unspecified atom stereocenters. The van der Waals surface area contributed by atoms with E-state index in [1.165, 1.54) is 17.7 Å². The van der Waals surface area contributed by atoms with Crippen molar-refractivity contribution in [1.82, 2.24) is 19.9 Å². The van der Waals surface area contributed by atoms with E-state index in [-0.39, 0.29) is 19.0 Å². The third kappa shape index (κ3) is 6.80. The highest BCUT2D eigenvalue weighted by atomic mass is 19.4. The molecule has 0 bridgehead atoms. The number of aromatic amines is 1. The predicted octanol–water partition coefficient (Wildman–Crippen LogP) is 6.12. The maximum absolute atomic E-state index is 12.9. The molecule has 2 aliphatic heterocycles. The molecular weight excluding hydrogens is 485 g/mol. The fourth-order valence-corrected chi connectivity index (χ4v) is 5.01. The van der Waals surface area contributed by atoms with Crippen molar-refractivity contribution in [3.63, 3.8) is 0 Å². The molecule has 37 heavy (non-hydrogen) atoms. The van der Waals surface area contributed by atoms with E-state index in [0.29, 0.717) is 24.6 Å². The lowest BCUT2D eigenvalue weighted by molar-refractivity contribution is -0.274. The average Bonchev–Trinajstić information content (AvgIpc) is 3.32. The summed E-state index contributed by atoms with van der Waals surface area (Å²) in [6.45, 7) is 6.74. The number of halogens is 3. The molecule has 0 spiro atoms. The maximum atomic E-state index is 12.9. The maximum Gasteiger partial charge on any atom is 0.573 e. The number of fused-ring (bicyclic) bond motifs is 1. The Labute approximate surface area is 215 Å². The largest absolute Gasteiger partial charge is 0.573 e. The van der Waals surface area contributed by atoms with Gasteiger partial charge in [0.25, 0.3) is 5.91 Å². The van der Waals surface area contributed by atoms with Crippen LogP contribution in [-0.4, -0.2) is 58.4 Å². The Kier molecular flexibility index (Phi) is 8.68. The molecule has 2 aromatic heterocycles. The van der Waals surface area contributed by atoms with Gasteiger partial charge in [0.05, 0.1) is 5.52 Å². The van der Waals surface area contributed by atoms with Gasteiger partial charge < -0.3 is 19.4 Å². The van der Waals surface area contributed by atoms with Gasteiger partial charge in [-0.05, 0) is 73.4 Å². The number of hydrogen-bond donors (Lipinski definition) is 1. The fourth-order valence-electron chi connectivity index (χ4n) is 5.01. The predicted molar refractivity (Wildman–Crippen MR) is 136 cm³/mol. The number of rotatable bonds is 5. The van der Waals surface area contributed by atoms with Gasteiger partial charge >= 0.3 is 6.36 Å². The normalized spacial score (nSPS) is 17.4. The van der Waals surface area contributed by atoms with Gasteiger partial charge in [0, 0.05) is 45.9 Å². The van der Waals surface area contributed by atoms with Crippen molar-refractivity contribution in [1.29, 1.82) is 0 Å². The van der Waals surface area contributed by atoms with Crippen LogP contribution >= 0.6 is 0 Å². The van der Waals surface area contributed by atoms with E-state index < -0.39 is 6.36 Å². The molecule has 2 aliphatic rings. The van der Waals surface area contributed by atoms with Crippen molar-refractivity contribution < 1.29 is 28.9 Å². The lowest BCUT2D eigenvalue weighted by Crippen LogP contribution is -2.38. The van der Waals surface area contributed by atoms with Crippen LogP contribution in [0.3, 0.4) is 0 Å². The number of nitrogens with zero attached hydrogens (tertiary/aromatic N) is 3. The van der Waals surface area contributed by atoms with E-state index >= 15 is 0 Å². The second kappa shape index (κ2) is 11.9. The molecule has 0 atom stereocenters. The Bertz CT molecular complexity index is 1170. The van der Waals surface area contributed by atoms with E-state index in [1.54, 1.807) is 11.1 Å². The number of nitrogens with one attached hydrogen (secondary N) is 1. The number of benzene rings is 1. The van der Waals surface area contributed by atoms with Gasteiger partial charge in [0.2, 0.25) is 0 Å². The van der Waals surface area contributed by atoms with Crippen LogP contribution in [0.4, 0.5) is 13.2 Å². The van der Waals surface area contributed by atoms with Crippen LogP contribution in [0.1, 0.15) is 68.6 Å². The Morgan fingerprint density at radius 3 is 2.43 bits per heavy atom. The Morgan fingerprint density at radius 1 is 1.11 bits per heavy atom. The standard InChI is InChI=1S/C25H27F3N4O3.C2H6.H2/c26-25(27,28)35-19-3-1-18(2-4-19)24(33)32-11-6-17(7-12-32)20-5-10-29-23-22(20)30-21(31-23)15-16-8-13-34-14-9-16;1-2;/h1-5,10,16-17H,6-9,11-15H2,(H,29,30,31);1-2H3;1H. The zero-order valence-electron chi connectivity index (χ0n) is 21.2. The number of amides is 1. The third-order valence-corrected chi connectivity index (χ3v) is 6.85. The summed E-state index contributed by atoms with van der Waals surface area (Å²) >= 11 is 0. The van der Waals surface area contributed by atoms with E-state index in [1.807, 2.05) is 19.9 Å². The highest BCUT2D eigenvalue weighted by molar-refractivity contribution is 5.94. The number of pyridine rings is 1. The van der Waals surface area contributed by atoms with E-state index in [2.05, 4.69) is 14.7 Å². The summed E-state index contributed by atoms with van der Waals surface area (Å²) in [5, 5.41) is 0. The minimum absolute atomic E-state index is 0. The molecule has 2 saturated heterocycles. The van der Waals surface area contributed by atoms with Crippen LogP contribution in [0.25, 0.3) is 11.2 Å². The average molecular weight is 521 g/mol. The van der Waals surface area contributed by atoms with Crippen LogP contribution in [0.5, 0.6) is 5.75 Å². The lowest BCUT2D eigenvalue weighted by atomic mass is 9.89. The molecule has 5 rings (SSSR count). The molecule has 2 fully saturated rings. The van der Waals surface area contributed by atoms with Gasteiger partial charge in [0.15, 0.2) is 5.65 Å². The molecule has 0 radical (unpaired) electrons. The second-order valence-corrected chi connectivity index (χ2v) is 9.18. The van der Waals surface area contributed by atoms with Gasteiger partial charge in [0.1, 0.15) is 11.6 Å². The van der Waals surface area contributed by atoms with Crippen LogP contribution in [0, 0.1) is 5.92 Å². The summed E-state index contributed by atoms with van der Waals surface area (Å²) in [6, 6.07) is 7.09. The second-order valence-electron chi connectivity index (χ2n) is 9.18. The summed E-state index contributed by atoms with van der Waals surface area (Å²) in [5.74, 6) is 1.25. The van der Waals surface area contributed by atoms with E-state index in [9.17, 15) is 18.0 Å². The number of likely N-dealkylation sites (tertiary alicyclic amines) is 1. The summed E-state index contributed by atoms with van der Waals surface area (Å²) < 4.78 is 46.4. The molecule has 1 N–H and O–H groups in total. The van der Waals surface area contributed by atoms with Crippen molar-refractivity contribution in [2.75, 3.05) is 26.3 Å². The number of carbonyl (C=O) groups is 1. The van der Waals surface area contributed by atoms with Crippen molar-refractivity contribution in [2.45, 2.75) is 58.2 Å². The molecule has 10 heteroatoms. The summed E-state index contributed by atoms with van der Waals surface area (Å²) in [5.41, 5.74) is 3.21. The van der Waals surface area contributed by atoms with Crippen LogP contribution in [0.15, 0.2) is 36.5 Å². The number of H-pyrrole nitrogens is 1. The van der Waals surface area contributed by atoms with E-state index in [4.69, 9.17) is 9.72 Å². The highest BCUT2D eigenvalue weighted by Gasteiger charge is 2.31. The molecule has 0 aliphatic carbocycles. The molecule has 4 heterocycles. The van der Waals surface area contributed by atoms with Crippen molar-refractivity contribution >= 4 is 17.1 Å². The number of hydrogen-bond acceptors (Lipinski definition) is 5. The molecule has 1 aromatic carbocycles. The molecular formula is C27H35F3N4O3. The minimum atomic E-state index is -4.76. The van der Waals surface area contributed by atoms with Crippen molar-refractivity contribution in [3.05, 3.63) is 53.5 Å². The highest BCUT2D eigenvalue weighted by Crippen LogP contribution is 2.33. The van der Waals surface area contributed by atoms with E-state index in [0.717, 1.165) is 74.4 Å². The SMILES string of the molecule is CC.O=C(c1ccc(OC(F)(F)F)cc1)N1CCC(c2ccnc3nc(CC4CCOCC4)[nH]c23)CC1.[HH]. The van der Waals surface area contributed by atoms with Gasteiger partial charge in [-0.2, -0.15) is 0 Å². The van der Waals surface area contributed by atoms with Crippen LogP contribution < -0.4 is 4.74 Å². The lowest BCUT2D eigenvalue weighted by Gasteiger charge is -2.32. The van der Waals surface area contributed by atoms with Gasteiger partial charge in [-0.3, -0.25) is 4.79 Å². The van der Waals surface area contributed by atoms with Crippen LogP contribution in [-0.2, 0) is 11.2 Å². The first kappa shape index (κ1) is 26.9. The number of ether oxygens (including phenoxy) is 2. The first-order valence-corrected chi connectivity index (χ1v) is 12.9. The number of imidazole rings is 1. The number of alkyl halides is 3. The van der Waals surface area contributed by atoms with Gasteiger partial charge in [-0.25, -0.2) is 9.97 Å². The number of piperidine rings is 1.